The number of likely N-dealkylation sites (tertiary alicyclic amines) is 1. The summed E-state index contributed by atoms with van der Waals surface area (Å²) in [6.45, 7) is 1.66. The van der Waals surface area contributed by atoms with Gasteiger partial charge in [0.1, 0.15) is 0 Å². The van der Waals surface area contributed by atoms with Crippen LogP contribution in [0.5, 0.6) is 0 Å². The van der Waals surface area contributed by atoms with Crippen molar-refractivity contribution in [2.75, 3.05) is 37.3 Å². The lowest BCUT2D eigenvalue weighted by Gasteiger charge is -2.16. The van der Waals surface area contributed by atoms with Crippen LogP contribution in [0.15, 0.2) is 24.3 Å². The lowest BCUT2D eigenvalue weighted by Crippen LogP contribution is -2.27. The Morgan fingerprint density at radius 1 is 1.33 bits per heavy atom. The van der Waals surface area contributed by atoms with Crippen LogP contribution in [0.4, 0.5) is 5.69 Å². The average Bonchev–Trinajstić information content (AvgIpc) is 2.98. The lowest BCUT2D eigenvalue weighted by atomic mass is 10.2. The smallest absolute Gasteiger partial charge is 0.253 e. The molecule has 1 aliphatic heterocycles. The monoisotopic (exact) mass is 312 g/mol. The second-order valence-electron chi connectivity index (χ2n) is 4.99. The summed E-state index contributed by atoms with van der Waals surface area (Å²) in [6.07, 6.45) is 2.05. The topological polar surface area (TPSA) is 75.7 Å². The Kier molecular flexibility index (Phi) is 5.19. The number of sulfonamides is 1. The van der Waals surface area contributed by atoms with Crippen LogP contribution < -0.4 is 4.72 Å². The molecule has 0 spiro atoms. The number of amides is 1. The third-order valence-corrected chi connectivity index (χ3v) is 4.58. The SMILES string of the molecule is COCCS(=O)(=O)Nc1cccc(C(=O)N2CCCC2)c1. The number of nitrogens with zero attached hydrogens (tertiary/aromatic N) is 1. The highest BCUT2D eigenvalue weighted by Gasteiger charge is 2.20. The predicted octanol–water partition coefficient (Wildman–Crippen LogP) is 1.31. The van der Waals surface area contributed by atoms with Crippen molar-refractivity contribution in [1.29, 1.82) is 0 Å². The Hall–Kier alpha value is -1.60. The van der Waals surface area contributed by atoms with E-state index in [0.29, 0.717) is 11.3 Å². The summed E-state index contributed by atoms with van der Waals surface area (Å²) in [7, 11) is -2.01. The van der Waals surface area contributed by atoms with Crippen LogP contribution in [0.25, 0.3) is 0 Å². The molecule has 1 aromatic rings. The normalized spacial score (nSPS) is 15.2. The second-order valence-corrected chi connectivity index (χ2v) is 6.84. The summed E-state index contributed by atoms with van der Waals surface area (Å²) in [6, 6.07) is 6.58. The van der Waals surface area contributed by atoms with Gasteiger partial charge in [0.2, 0.25) is 10.0 Å². The summed E-state index contributed by atoms with van der Waals surface area (Å²) >= 11 is 0. The summed E-state index contributed by atoms with van der Waals surface area (Å²) < 4.78 is 30.8. The van der Waals surface area contributed by atoms with E-state index in [1.165, 1.54) is 7.11 Å². The zero-order chi connectivity index (χ0) is 15.3. The first-order valence-corrected chi connectivity index (χ1v) is 8.56. The maximum absolute atomic E-state index is 12.3. The van der Waals surface area contributed by atoms with E-state index in [1.807, 2.05) is 0 Å². The Bertz CT molecular complexity index is 595. The largest absolute Gasteiger partial charge is 0.384 e. The molecule has 1 N–H and O–H groups in total. The van der Waals surface area contributed by atoms with E-state index in [-0.39, 0.29) is 18.3 Å². The molecule has 0 aromatic heterocycles. The fourth-order valence-corrected chi connectivity index (χ4v) is 3.22. The van der Waals surface area contributed by atoms with Crippen molar-refractivity contribution in [3.05, 3.63) is 29.8 Å². The molecule has 0 radical (unpaired) electrons. The van der Waals surface area contributed by atoms with Gasteiger partial charge in [-0.15, -0.1) is 0 Å². The number of hydrogen-bond donors (Lipinski definition) is 1. The molecule has 0 aliphatic carbocycles. The number of hydrogen-bond acceptors (Lipinski definition) is 4. The Morgan fingerprint density at radius 3 is 2.71 bits per heavy atom. The van der Waals surface area contributed by atoms with E-state index in [2.05, 4.69) is 4.72 Å². The molecule has 0 unspecified atom stereocenters. The van der Waals surface area contributed by atoms with Gasteiger partial charge in [-0.1, -0.05) is 6.07 Å². The van der Waals surface area contributed by atoms with Gasteiger partial charge in [-0.25, -0.2) is 8.42 Å². The summed E-state index contributed by atoms with van der Waals surface area (Å²) in [4.78, 5) is 14.1. The summed E-state index contributed by atoms with van der Waals surface area (Å²) in [5, 5.41) is 0. The molecule has 0 bridgehead atoms. The van der Waals surface area contributed by atoms with Crippen LogP contribution in [0.1, 0.15) is 23.2 Å². The highest BCUT2D eigenvalue weighted by molar-refractivity contribution is 7.92. The van der Waals surface area contributed by atoms with Gasteiger partial charge in [0, 0.05) is 31.5 Å². The fraction of sp³-hybridized carbons (Fsp3) is 0.500. The van der Waals surface area contributed by atoms with Gasteiger partial charge < -0.3 is 9.64 Å². The molecular weight excluding hydrogens is 292 g/mol. The van der Waals surface area contributed by atoms with Crippen LogP contribution >= 0.6 is 0 Å². The van der Waals surface area contributed by atoms with Crippen LogP contribution in [0.3, 0.4) is 0 Å². The highest BCUT2D eigenvalue weighted by Crippen LogP contribution is 2.17. The molecule has 1 fully saturated rings. The molecule has 0 saturated carbocycles. The Balaban J connectivity index is 2.08. The van der Waals surface area contributed by atoms with Gasteiger partial charge in [0.15, 0.2) is 0 Å². The standard InChI is InChI=1S/C14H20N2O4S/c1-20-9-10-21(18,19)15-13-6-4-5-12(11-13)14(17)16-7-2-3-8-16/h4-6,11,15H,2-3,7-10H2,1H3. The van der Waals surface area contributed by atoms with E-state index in [0.717, 1.165) is 25.9 Å². The van der Waals surface area contributed by atoms with Crippen molar-refractivity contribution in [3.8, 4) is 0 Å². The first kappa shape index (κ1) is 15.8. The van der Waals surface area contributed by atoms with Crippen LogP contribution in [-0.2, 0) is 14.8 Å². The first-order chi connectivity index (χ1) is 10.0. The first-order valence-electron chi connectivity index (χ1n) is 6.90. The quantitative estimate of drug-likeness (QED) is 0.859. The van der Waals surface area contributed by atoms with Gasteiger partial charge >= 0.3 is 0 Å². The third kappa shape index (κ3) is 4.44. The van der Waals surface area contributed by atoms with E-state index in [4.69, 9.17) is 4.74 Å². The van der Waals surface area contributed by atoms with Crippen molar-refractivity contribution < 1.29 is 17.9 Å². The number of carbonyl (C=O) groups is 1. The minimum absolute atomic E-state index is 0.0505. The molecule has 0 atom stereocenters. The van der Waals surface area contributed by atoms with Crippen molar-refractivity contribution in [1.82, 2.24) is 4.90 Å². The number of benzene rings is 1. The van der Waals surface area contributed by atoms with Crippen molar-refractivity contribution >= 4 is 21.6 Å². The van der Waals surface area contributed by atoms with Crippen LogP contribution in [-0.4, -0.2) is 51.8 Å². The third-order valence-electron chi connectivity index (χ3n) is 3.33. The minimum atomic E-state index is -3.46. The Labute approximate surface area is 125 Å². The number of methoxy groups -OCH3 is 1. The molecule has 6 nitrogen and oxygen atoms in total. The van der Waals surface area contributed by atoms with Gasteiger partial charge in [0.25, 0.3) is 5.91 Å². The Morgan fingerprint density at radius 2 is 2.05 bits per heavy atom. The number of ether oxygens (including phenoxy) is 1. The van der Waals surface area contributed by atoms with Crippen molar-refractivity contribution in [2.24, 2.45) is 0 Å². The molecule has 116 valence electrons. The maximum Gasteiger partial charge on any atom is 0.253 e. The van der Waals surface area contributed by atoms with Crippen LogP contribution in [0, 0.1) is 0 Å². The van der Waals surface area contributed by atoms with Gasteiger partial charge in [-0.2, -0.15) is 0 Å². The molecule has 1 aliphatic rings. The van der Waals surface area contributed by atoms with E-state index in [9.17, 15) is 13.2 Å². The number of nitrogens with one attached hydrogen (secondary N) is 1. The fourth-order valence-electron chi connectivity index (χ4n) is 2.24. The van der Waals surface area contributed by atoms with Crippen LogP contribution in [0.2, 0.25) is 0 Å². The van der Waals surface area contributed by atoms with Gasteiger partial charge in [-0.05, 0) is 31.0 Å². The van der Waals surface area contributed by atoms with E-state index < -0.39 is 10.0 Å². The number of rotatable bonds is 6. The molecule has 7 heteroatoms. The number of anilines is 1. The highest BCUT2D eigenvalue weighted by atomic mass is 32.2. The zero-order valence-electron chi connectivity index (χ0n) is 12.0. The maximum atomic E-state index is 12.3. The van der Waals surface area contributed by atoms with E-state index in [1.54, 1.807) is 29.2 Å². The molecule has 2 rings (SSSR count). The summed E-state index contributed by atoms with van der Waals surface area (Å²) in [5.41, 5.74) is 0.903. The molecule has 1 heterocycles. The summed E-state index contributed by atoms with van der Waals surface area (Å²) in [5.74, 6) is -0.168. The van der Waals surface area contributed by atoms with Crippen molar-refractivity contribution in [3.63, 3.8) is 0 Å². The number of carbonyl (C=O) groups excluding carboxylic acids is 1. The molecule has 1 amide bonds. The lowest BCUT2D eigenvalue weighted by molar-refractivity contribution is 0.0793. The predicted molar refractivity (Wildman–Crippen MR) is 80.9 cm³/mol. The van der Waals surface area contributed by atoms with Gasteiger partial charge in [0.05, 0.1) is 12.4 Å². The van der Waals surface area contributed by atoms with Gasteiger partial charge in [-0.3, -0.25) is 9.52 Å². The molecule has 21 heavy (non-hydrogen) atoms. The molecular formula is C14H20N2O4S. The van der Waals surface area contributed by atoms with Crippen molar-refractivity contribution in [2.45, 2.75) is 12.8 Å². The molecule has 1 saturated heterocycles. The molecule has 1 aromatic carbocycles. The zero-order valence-corrected chi connectivity index (χ0v) is 12.9. The second kappa shape index (κ2) is 6.91. The van der Waals surface area contributed by atoms with E-state index >= 15 is 0 Å². The average molecular weight is 312 g/mol. The minimum Gasteiger partial charge on any atom is -0.384 e.